The maximum atomic E-state index is 10.2. The monoisotopic (exact) mass is 230 g/mol. The highest BCUT2D eigenvalue weighted by Crippen LogP contribution is 2.30. The second-order valence-corrected chi connectivity index (χ2v) is 4.81. The molecule has 0 heterocycles. The lowest BCUT2D eigenvalue weighted by molar-refractivity contribution is 0.0802. The minimum atomic E-state index is -0.828. The molecule has 0 bridgehead atoms. The molecule has 0 amide bonds. The van der Waals surface area contributed by atoms with Gasteiger partial charge in [0.15, 0.2) is 0 Å². The highest BCUT2D eigenvalue weighted by atomic mass is 16.5. The molecule has 0 spiro atoms. The van der Waals surface area contributed by atoms with Gasteiger partial charge in [-0.2, -0.15) is 0 Å². The minimum absolute atomic E-state index is 0.590. The summed E-state index contributed by atoms with van der Waals surface area (Å²) in [6.45, 7) is 4.21. The van der Waals surface area contributed by atoms with Crippen molar-refractivity contribution in [1.29, 1.82) is 0 Å². The van der Waals surface area contributed by atoms with Gasteiger partial charge >= 0.3 is 0 Å². The van der Waals surface area contributed by atoms with E-state index in [9.17, 15) is 5.11 Å². The molecule has 0 atom stereocenters. The molecule has 0 aliphatic heterocycles. The molecule has 2 rings (SSSR count). The molecule has 2 aromatic carbocycles. The van der Waals surface area contributed by atoms with Gasteiger partial charge in [-0.15, -0.1) is 0 Å². The maximum Gasteiger partial charge on any atom is 0.0846 e. The van der Waals surface area contributed by atoms with Crippen LogP contribution in [0.3, 0.4) is 0 Å². The van der Waals surface area contributed by atoms with Gasteiger partial charge in [-0.1, -0.05) is 36.4 Å². The first-order valence-corrected chi connectivity index (χ1v) is 5.76. The summed E-state index contributed by atoms with van der Waals surface area (Å²) < 4.78 is 5.20. The van der Waals surface area contributed by atoms with Crippen molar-refractivity contribution >= 4 is 10.8 Å². The van der Waals surface area contributed by atoms with Gasteiger partial charge in [0.25, 0.3) is 0 Å². The molecule has 2 nitrogen and oxygen atoms in total. The lowest BCUT2D eigenvalue weighted by Crippen LogP contribution is -2.15. The maximum absolute atomic E-state index is 10.2. The van der Waals surface area contributed by atoms with Crippen LogP contribution in [0.5, 0.6) is 0 Å². The normalized spacial score (nSPS) is 12.0. The van der Waals surface area contributed by atoms with Crippen molar-refractivity contribution in [2.24, 2.45) is 0 Å². The van der Waals surface area contributed by atoms with Crippen molar-refractivity contribution in [2.75, 3.05) is 7.11 Å². The van der Waals surface area contributed by atoms with Gasteiger partial charge in [0.2, 0.25) is 0 Å². The molecular formula is C15H18O2. The zero-order valence-corrected chi connectivity index (χ0v) is 10.5. The van der Waals surface area contributed by atoms with Crippen LogP contribution in [0.2, 0.25) is 0 Å². The number of ether oxygens (including phenoxy) is 1. The van der Waals surface area contributed by atoms with Crippen LogP contribution in [-0.2, 0) is 16.9 Å². The second kappa shape index (κ2) is 4.47. The highest BCUT2D eigenvalue weighted by molar-refractivity contribution is 5.89. The smallest absolute Gasteiger partial charge is 0.0846 e. The Morgan fingerprint density at radius 2 is 1.71 bits per heavy atom. The van der Waals surface area contributed by atoms with Gasteiger partial charge in [0.05, 0.1) is 12.2 Å². The van der Waals surface area contributed by atoms with E-state index in [1.54, 1.807) is 7.11 Å². The van der Waals surface area contributed by atoms with E-state index in [4.69, 9.17) is 4.74 Å². The molecule has 0 saturated heterocycles. The molecule has 0 radical (unpaired) electrons. The predicted octanol–water partition coefficient (Wildman–Crippen LogP) is 3.21. The van der Waals surface area contributed by atoms with Crippen LogP contribution in [0, 0.1) is 0 Å². The average molecular weight is 230 g/mol. The Labute approximate surface area is 102 Å². The summed E-state index contributed by atoms with van der Waals surface area (Å²) in [7, 11) is 1.69. The van der Waals surface area contributed by atoms with Crippen LogP contribution in [0.25, 0.3) is 10.8 Å². The number of aliphatic hydroxyl groups is 1. The standard InChI is InChI=1S/C15H18O2/c1-15(2,16)14-9-5-7-12-11(10-17-3)6-4-8-13(12)14/h4-9,16H,10H2,1-3H3. The van der Waals surface area contributed by atoms with E-state index in [-0.39, 0.29) is 0 Å². The SMILES string of the molecule is COCc1cccc2c(C(C)(C)O)cccc12. The number of hydrogen-bond acceptors (Lipinski definition) is 2. The van der Waals surface area contributed by atoms with Gasteiger partial charge in [0, 0.05) is 7.11 Å². The first-order chi connectivity index (χ1) is 8.04. The van der Waals surface area contributed by atoms with E-state index < -0.39 is 5.60 Å². The zero-order valence-electron chi connectivity index (χ0n) is 10.5. The van der Waals surface area contributed by atoms with Crippen molar-refractivity contribution in [3.63, 3.8) is 0 Å². The fourth-order valence-corrected chi connectivity index (χ4v) is 2.19. The third kappa shape index (κ3) is 2.33. The third-order valence-electron chi connectivity index (χ3n) is 2.97. The van der Waals surface area contributed by atoms with Crippen LogP contribution in [0.1, 0.15) is 25.0 Å². The number of fused-ring (bicyclic) bond motifs is 1. The fourth-order valence-electron chi connectivity index (χ4n) is 2.19. The second-order valence-electron chi connectivity index (χ2n) is 4.81. The van der Waals surface area contributed by atoms with E-state index in [0.29, 0.717) is 6.61 Å². The molecule has 0 saturated carbocycles. The van der Waals surface area contributed by atoms with Crippen molar-refractivity contribution in [3.05, 3.63) is 47.5 Å². The molecule has 0 unspecified atom stereocenters. The average Bonchev–Trinajstić information content (AvgIpc) is 2.28. The molecule has 0 aliphatic carbocycles. The van der Waals surface area contributed by atoms with Crippen LogP contribution in [-0.4, -0.2) is 12.2 Å². The highest BCUT2D eigenvalue weighted by Gasteiger charge is 2.18. The molecule has 0 fully saturated rings. The van der Waals surface area contributed by atoms with E-state index in [2.05, 4.69) is 12.1 Å². The van der Waals surface area contributed by atoms with Crippen molar-refractivity contribution < 1.29 is 9.84 Å². The van der Waals surface area contributed by atoms with Crippen molar-refractivity contribution in [3.8, 4) is 0 Å². The molecule has 0 aliphatic rings. The van der Waals surface area contributed by atoms with Crippen LogP contribution in [0.15, 0.2) is 36.4 Å². The Balaban J connectivity index is 2.70. The predicted molar refractivity (Wildman–Crippen MR) is 69.9 cm³/mol. The van der Waals surface area contributed by atoms with Gasteiger partial charge in [-0.05, 0) is 35.7 Å². The summed E-state index contributed by atoms with van der Waals surface area (Å²) in [4.78, 5) is 0. The topological polar surface area (TPSA) is 29.5 Å². The van der Waals surface area contributed by atoms with Crippen LogP contribution < -0.4 is 0 Å². The molecule has 0 aromatic heterocycles. The first-order valence-electron chi connectivity index (χ1n) is 5.76. The molecular weight excluding hydrogens is 212 g/mol. The Morgan fingerprint density at radius 3 is 2.35 bits per heavy atom. The lowest BCUT2D eigenvalue weighted by atomic mass is 9.91. The Bertz CT molecular complexity index is 524. The first kappa shape index (κ1) is 12.1. The van der Waals surface area contributed by atoms with E-state index in [0.717, 1.165) is 21.9 Å². The van der Waals surface area contributed by atoms with Crippen molar-refractivity contribution in [1.82, 2.24) is 0 Å². The molecule has 17 heavy (non-hydrogen) atoms. The van der Waals surface area contributed by atoms with E-state index in [1.165, 1.54) is 0 Å². The lowest BCUT2D eigenvalue weighted by Gasteiger charge is -2.20. The third-order valence-corrected chi connectivity index (χ3v) is 2.97. The van der Waals surface area contributed by atoms with Gasteiger partial charge in [-0.25, -0.2) is 0 Å². The number of benzene rings is 2. The van der Waals surface area contributed by atoms with Crippen LogP contribution in [0.4, 0.5) is 0 Å². The summed E-state index contributed by atoms with van der Waals surface area (Å²) in [6.07, 6.45) is 0. The number of rotatable bonds is 3. The minimum Gasteiger partial charge on any atom is -0.386 e. The van der Waals surface area contributed by atoms with Gasteiger partial charge in [-0.3, -0.25) is 0 Å². The van der Waals surface area contributed by atoms with Gasteiger partial charge in [0.1, 0.15) is 0 Å². The van der Waals surface area contributed by atoms with Crippen molar-refractivity contribution in [2.45, 2.75) is 26.1 Å². The van der Waals surface area contributed by atoms with E-state index >= 15 is 0 Å². The summed E-state index contributed by atoms with van der Waals surface area (Å²) in [5, 5.41) is 12.4. The summed E-state index contributed by atoms with van der Waals surface area (Å²) in [5.41, 5.74) is 1.27. The molecule has 2 aromatic rings. The molecule has 90 valence electrons. The fraction of sp³-hybridized carbons (Fsp3) is 0.333. The summed E-state index contributed by atoms with van der Waals surface area (Å²) in [6, 6.07) is 12.1. The molecule has 1 N–H and O–H groups in total. The Hall–Kier alpha value is -1.38. The zero-order chi connectivity index (χ0) is 12.5. The van der Waals surface area contributed by atoms with E-state index in [1.807, 2.05) is 38.1 Å². The largest absolute Gasteiger partial charge is 0.386 e. The molecule has 2 heteroatoms. The quantitative estimate of drug-likeness (QED) is 0.877. The number of hydrogen-bond donors (Lipinski definition) is 1. The van der Waals surface area contributed by atoms with Gasteiger partial charge < -0.3 is 9.84 Å². The summed E-state index contributed by atoms with van der Waals surface area (Å²) >= 11 is 0. The van der Waals surface area contributed by atoms with Crippen LogP contribution >= 0.6 is 0 Å². The Kier molecular flexibility index (Phi) is 3.18. The summed E-state index contributed by atoms with van der Waals surface area (Å²) in [5.74, 6) is 0. The Morgan fingerprint density at radius 1 is 1.06 bits per heavy atom. The number of methoxy groups -OCH3 is 1.